The molecule has 2 heteroatoms. The summed E-state index contributed by atoms with van der Waals surface area (Å²) in [4.78, 5) is 11.3. The van der Waals surface area contributed by atoms with E-state index in [0.717, 1.165) is 31.4 Å². The molecule has 1 N–H and O–H groups in total. The summed E-state index contributed by atoms with van der Waals surface area (Å²) in [6.07, 6.45) is 4.54. The summed E-state index contributed by atoms with van der Waals surface area (Å²) in [5, 5.41) is 3.19. The molecule has 0 radical (unpaired) electrons. The normalized spacial score (nSPS) is 18.4. The van der Waals surface area contributed by atoms with Gasteiger partial charge in [0.25, 0.3) is 0 Å². The third-order valence-electron chi connectivity index (χ3n) is 2.63. The number of nitrogens with one attached hydrogen (secondary N) is 1. The second-order valence-corrected chi connectivity index (χ2v) is 3.81. The molecule has 2 rings (SSSR count). The molecule has 0 bridgehead atoms. The van der Waals surface area contributed by atoms with E-state index in [0.29, 0.717) is 5.78 Å². The lowest BCUT2D eigenvalue weighted by atomic mass is 10.2. The number of carbonyl (C=O) groups excluding carboxylic acids is 1. The number of hydrogen-bond acceptors (Lipinski definition) is 2. The first-order valence-corrected chi connectivity index (χ1v) is 5.36. The molecule has 0 saturated heterocycles. The Hall–Kier alpha value is -1.57. The van der Waals surface area contributed by atoms with Crippen LogP contribution < -0.4 is 5.32 Å². The Bertz CT molecular complexity index is 367. The topological polar surface area (TPSA) is 29.1 Å². The molecule has 0 atom stereocenters. The van der Waals surface area contributed by atoms with Crippen LogP contribution in [-0.2, 0) is 11.3 Å². The Morgan fingerprint density at radius 1 is 1.20 bits per heavy atom. The van der Waals surface area contributed by atoms with Gasteiger partial charge in [-0.15, -0.1) is 0 Å². The van der Waals surface area contributed by atoms with Gasteiger partial charge in [0, 0.05) is 24.7 Å². The second kappa shape index (κ2) is 4.78. The van der Waals surface area contributed by atoms with Crippen LogP contribution in [0, 0.1) is 0 Å². The number of allylic oxidation sites excluding steroid dienone is 1. The maximum absolute atomic E-state index is 11.3. The number of hydrogen-bond donors (Lipinski definition) is 1. The number of benzene rings is 1. The third-order valence-corrected chi connectivity index (χ3v) is 2.63. The zero-order chi connectivity index (χ0) is 10.5. The first-order valence-electron chi connectivity index (χ1n) is 5.36. The molecule has 0 unspecified atom stereocenters. The minimum absolute atomic E-state index is 0.301. The van der Waals surface area contributed by atoms with Gasteiger partial charge < -0.3 is 5.32 Å². The minimum Gasteiger partial charge on any atom is -0.386 e. The number of rotatable bonds is 3. The predicted molar refractivity (Wildman–Crippen MR) is 60.2 cm³/mol. The van der Waals surface area contributed by atoms with Crippen molar-refractivity contribution in [1.29, 1.82) is 0 Å². The molecule has 1 saturated carbocycles. The van der Waals surface area contributed by atoms with Crippen molar-refractivity contribution in [3.63, 3.8) is 0 Å². The molecule has 0 aliphatic heterocycles. The maximum atomic E-state index is 11.3. The molecule has 1 aliphatic rings. The van der Waals surface area contributed by atoms with Crippen LogP contribution in [0.15, 0.2) is 42.1 Å². The molecule has 0 spiro atoms. The Morgan fingerprint density at radius 2 is 2.00 bits per heavy atom. The molecule has 1 aromatic rings. The largest absolute Gasteiger partial charge is 0.386 e. The van der Waals surface area contributed by atoms with E-state index in [4.69, 9.17) is 0 Å². The summed E-state index contributed by atoms with van der Waals surface area (Å²) in [6, 6.07) is 10.2. The van der Waals surface area contributed by atoms with Gasteiger partial charge in [0.1, 0.15) is 0 Å². The molecule has 15 heavy (non-hydrogen) atoms. The fourth-order valence-electron chi connectivity index (χ4n) is 1.78. The van der Waals surface area contributed by atoms with Crippen LogP contribution >= 0.6 is 0 Å². The minimum atomic E-state index is 0.301. The summed E-state index contributed by atoms with van der Waals surface area (Å²) in [5.41, 5.74) is 2.19. The van der Waals surface area contributed by atoms with Gasteiger partial charge in [0.15, 0.2) is 5.78 Å². The van der Waals surface area contributed by atoms with E-state index in [1.165, 1.54) is 5.56 Å². The van der Waals surface area contributed by atoms with Crippen molar-refractivity contribution in [2.75, 3.05) is 0 Å². The van der Waals surface area contributed by atoms with E-state index in [1.807, 2.05) is 24.4 Å². The van der Waals surface area contributed by atoms with Crippen LogP contribution in [0.2, 0.25) is 0 Å². The summed E-state index contributed by atoms with van der Waals surface area (Å²) >= 11 is 0. The van der Waals surface area contributed by atoms with Crippen molar-refractivity contribution in [3.05, 3.63) is 47.7 Å². The van der Waals surface area contributed by atoms with Crippen LogP contribution in [0.25, 0.3) is 0 Å². The molecule has 78 valence electrons. The van der Waals surface area contributed by atoms with E-state index < -0.39 is 0 Å². The highest BCUT2D eigenvalue weighted by Gasteiger charge is 2.15. The van der Waals surface area contributed by atoms with Gasteiger partial charge in [-0.2, -0.15) is 0 Å². The molecular weight excluding hydrogens is 186 g/mol. The van der Waals surface area contributed by atoms with Gasteiger partial charge in [0.2, 0.25) is 0 Å². The van der Waals surface area contributed by atoms with Crippen LogP contribution in [0.4, 0.5) is 0 Å². The van der Waals surface area contributed by atoms with Crippen molar-refractivity contribution in [3.8, 4) is 0 Å². The predicted octanol–water partition coefficient (Wildman–Crippen LogP) is 2.41. The first kappa shape index (κ1) is 9.97. The highest BCUT2D eigenvalue weighted by molar-refractivity contribution is 5.97. The average Bonchev–Trinajstić information content (AvgIpc) is 2.66. The smallest absolute Gasteiger partial charge is 0.160 e. The molecular formula is C13H15NO. The highest BCUT2D eigenvalue weighted by atomic mass is 16.1. The molecule has 0 amide bonds. The monoisotopic (exact) mass is 201 g/mol. The van der Waals surface area contributed by atoms with Crippen molar-refractivity contribution >= 4 is 5.78 Å². The van der Waals surface area contributed by atoms with Gasteiger partial charge in [-0.25, -0.2) is 0 Å². The quantitative estimate of drug-likeness (QED) is 0.761. The Labute approximate surface area is 90.0 Å². The summed E-state index contributed by atoms with van der Waals surface area (Å²) in [7, 11) is 0. The fourth-order valence-corrected chi connectivity index (χ4v) is 1.78. The number of ketones is 1. The lowest BCUT2D eigenvalue weighted by Crippen LogP contribution is -2.07. The van der Waals surface area contributed by atoms with E-state index >= 15 is 0 Å². The van der Waals surface area contributed by atoms with Gasteiger partial charge in [0.05, 0.1) is 0 Å². The Balaban J connectivity index is 1.87. The maximum Gasteiger partial charge on any atom is 0.160 e. The second-order valence-electron chi connectivity index (χ2n) is 3.81. The number of carbonyl (C=O) groups is 1. The Kier molecular flexibility index (Phi) is 3.18. The molecule has 0 heterocycles. The van der Waals surface area contributed by atoms with E-state index in [2.05, 4.69) is 17.4 Å². The van der Waals surface area contributed by atoms with Crippen LogP contribution in [0.5, 0.6) is 0 Å². The lowest BCUT2D eigenvalue weighted by Gasteiger charge is -2.01. The molecule has 0 aromatic heterocycles. The van der Waals surface area contributed by atoms with E-state index in [-0.39, 0.29) is 0 Å². The van der Waals surface area contributed by atoms with Gasteiger partial charge in [-0.1, -0.05) is 30.3 Å². The lowest BCUT2D eigenvalue weighted by molar-refractivity contribution is -0.114. The van der Waals surface area contributed by atoms with E-state index in [9.17, 15) is 4.79 Å². The van der Waals surface area contributed by atoms with Crippen LogP contribution in [0.1, 0.15) is 24.8 Å². The average molecular weight is 201 g/mol. The summed E-state index contributed by atoms with van der Waals surface area (Å²) in [5.74, 6) is 0.301. The zero-order valence-electron chi connectivity index (χ0n) is 8.70. The Morgan fingerprint density at radius 3 is 2.67 bits per heavy atom. The highest BCUT2D eigenvalue weighted by Crippen LogP contribution is 2.19. The zero-order valence-corrected chi connectivity index (χ0v) is 8.70. The summed E-state index contributed by atoms with van der Waals surface area (Å²) in [6.45, 7) is 0.789. The van der Waals surface area contributed by atoms with Gasteiger partial charge in [-0.05, 0) is 18.4 Å². The standard InChI is InChI=1S/C13H15NO/c15-13-8-4-7-12(13)10-14-9-11-5-2-1-3-6-11/h1-3,5-6,10,14H,4,7-9H2/b12-10+. The summed E-state index contributed by atoms with van der Waals surface area (Å²) < 4.78 is 0. The number of Topliss-reactive ketones (excluding diaryl/α,β-unsaturated/α-hetero) is 1. The van der Waals surface area contributed by atoms with Crippen LogP contribution in [-0.4, -0.2) is 5.78 Å². The van der Waals surface area contributed by atoms with Crippen LogP contribution in [0.3, 0.4) is 0 Å². The molecule has 2 nitrogen and oxygen atoms in total. The molecule has 1 aromatic carbocycles. The van der Waals surface area contributed by atoms with Crippen molar-refractivity contribution in [1.82, 2.24) is 5.32 Å². The fraction of sp³-hybridized carbons (Fsp3) is 0.308. The van der Waals surface area contributed by atoms with Crippen molar-refractivity contribution < 1.29 is 4.79 Å². The van der Waals surface area contributed by atoms with E-state index in [1.54, 1.807) is 0 Å². The van der Waals surface area contributed by atoms with Crippen molar-refractivity contribution in [2.45, 2.75) is 25.8 Å². The molecule has 1 fully saturated rings. The molecule has 1 aliphatic carbocycles. The first-order chi connectivity index (χ1) is 7.36. The third kappa shape index (κ3) is 2.69. The SMILES string of the molecule is O=C1CCC/C1=C\NCc1ccccc1. The van der Waals surface area contributed by atoms with Crippen molar-refractivity contribution in [2.24, 2.45) is 0 Å². The van der Waals surface area contributed by atoms with Gasteiger partial charge in [-0.3, -0.25) is 4.79 Å². The van der Waals surface area contributed by atoms with Gasteiger partial charge >= 0.3 is 0 Å².